The molecule has 2 rings (SSSR count). The summed E-state index contributed by atoms with van der Waals surface area (Å²) in [7, 11) is 0. The Balaban J connectivity index is 2.36. The van der Waals surface area contributed by atoms with Gasteiger partial charge in [-0.25, -0.2) is 8.78 Å². The molecule has 0 aliphatic carbocycles. The number of carbonyl (C=O) groups is 1. The highest BCUT2D eigenvalue weighted by Gasteiger charge is 2.08. The van der Waals surface area contributed by atoms with Crippen LogP contribution in [0.4, 0.5) is 8.78 Å². The monoisotopic (exact) mass is 250 g/mol. The minimum Gasteiger partial charge on any atom is -0.298 e. The SMILES string of the molecule is O=Cc1c(F)cccc1Sc1cccc(F)c1. The molecule has 0 spiro atoms. The van der Waals surface area contributed by atoms with E-state index < -0.39 is 5.82 Å². The zero-order valence-electron chi connectivity index (χ0n) is 8.69. The third-order valence-corrected chi connectivity index (χ3v) is 3.22. The van der Waals surface area contributed by atoms with Crippen LogP contribution in [0.25, 0.3) is 0 Å². The maximum Gasteiger partial charge on any atom is 0.154 e. The van der Waals surface area contributed by atoms with E-state index in [9.17, 15) is 13.6 Å². The van der Waals surface area contributed by atoms with Gasteiger partial charge in [-0.2, -0.15) is 0 Å². The predicted molar refractivity (Wildman–Crippen MR) is 62.3 cm³/mol. The van der Waals surface area contributed by atoms with Crippen molar-refractivity contribution in [2.24, 2.45) is 0 Å². The van der Waals surface area contributed by atoms with Gasteiger partial charge in [-0.05, 0) is 30.3 Å². The fourth-order valence-corrected chi connectivity index (χ4v) is 2.35. The van der Waals surface area contributed by atoms with Gasteiger partial charge in [-0.3, -0.25) is 4.79 Å². The van der Waals surface area contributed by atoms with E-state index in [0.717, 1.165) is 11.8 Å². The van der Waals surface area contributed by atoms with Gasteiger partial charge in [0.05, 0.1) is 5.56 Å². The Bertz CT molecular complexity index is 555. The Kier molecular flexibility index (Phi) is 3.54. The summed E-state index contributed by atoms with van der Waals surface area (Å²) in [5.74, 6) is -0.930. The van der Waals surface area contributed by atoms with Crippen molar-refractivity contribution in [1.82, 2.24) is 0 Å². The van der Waals surface area contributed by atoms with Crippen LogP contribution in [0.3, 0.4) is 0 Å². The molecule has 1 nitrogen and oxygen atoms in total. The maximum atomic E-state index is 13.3. The van der Waals surface area contributed by atoms with Crippen molar-refractivity contribution < 1.29 is 13.6 Å². The van der Waals surface area contributed by atoms with Crippen LogP contribution in [0, 0.1) is 11.6 Å². The fourth-order valence-electron chi connectivity index (χ4n) is 1.38. The summed E-state index contributed by atoms with van der Waals surface area (Å²) in [5.41, 5.74) is 0.00163. The third kappa shape index (κ3) is 2.71. The summed E-state index contributed by atoms with van der Waals surface area (Å²) in [6.07, 6.45) is 0.469. The topological polar surface area (TPSA) is 17.1 Å². The molecule has 0 amide bonds. The largest absolute Gasteiger partial charge is 0.298 e. The van der Waals surface area contributed by atoms with Crippen LogP contribution in [0.15, 0.2) is 52.3 Å². The number of benzene rings is 2. The average Bonchev–Trinajstić information content (AvgIpc) is 2.29. The Morgan fingerprint density at radius 2 is 1.82 bits per heavy atom. The standard InChI is InChI=1S/C13H8F2OS/c14-9-3-1-4-10(7-9)17-13-6-2-5-12(15)11(13)8-16/h1-8H. The molecule has 0 heterocycles. The number of rotatable bonds is 3. The van der Waals surface area contributed by atoms with Gasteiger partial charge in [0.15, 0.2) is 6.29 Å². The molecule has 2 aromatic rings. The lowest BCUT2D eigenvalue weighted by molar-refractivity contribution is 0.111. The van der Waals surface area contributed by atoms with Crippen molar-refractivity contribution in [3.05, 3.63) is 59.7 Å². The summed E-state index contributed by atoms with van der Waals surface area (Å²) in [6.45, 7) is 0. The van der Waals surface area contributed by atoms with E-state index >= 15 is 0 Å². The Morgan fingerprint density at radius 3 is 2.53 bits per heavy atom. The Morgan fingerprint density at radius 1 is 1.06 bits per heavy atom. The zero-order valence-corrected chi connectivity index (χ0v) is 9.51. The summed E-state index contributed by atoms with van der Waals surface area (Å²) < 4.78 is 26.3. The lowest BCUT2D eigenvalue weighted by atomic mass is 10.2. The van der Waals surface area contributed by atoms with Gasteiger partial charge in [0.25, 0.3) is 0 Å². The van der Waals surface area contributed by atoms with Crippen LogP contribution in [0.2, 0.25) is 0 Å². The summed E-state index contributed by atoms with van der Waals surface area (Å²) in [6, 6.07) is 10.3. The molecule has 86 valence electrons. The highest BCUT2D eigenvalue weighted by Crippen LogP contribution is 2.31. The van der Waals surface area contributed by atoms with E-state index in [0.29, 0.717) is 16.1 Å². The summed E-state index contributed by atoms with van der Waals surface area (Å²) in [5, 5.41) is 0. The highest BCUT2D eigenvalue weighted by atomic mass is 32.2. The molecule has 0 saturated carbocycles. The molecule has 2 aromatic carbocycles. The van der Waals surface area contributed by atoms with Gasteiger partial charge >= 0.3 is 0 Å². The molecule has 0 radical (unpaired) electrons. The number of carbonyl (C=O) groups excluding carboxylic acids is 1. The second kappa shape index (κ2) is 5.10. The predicted octanol–water partition coefficient (Wildman–Crippen LogP) is 3.93. The molecule has 17 heavy (non-hydrogen) atoms. The van der Waals surface area contributed by atoms with Gasteiger partial charge < -0.3 is 0 Å². The summed E-state index contributed by atoms with van der Waals surface area (Å²) >= 11 is 1.16. The second-order valence-corrected chi connectivity index (χ2v) is 4.44. The molecule has 0 fully saturated rings. The normalized spacial score (nSPS) is 10.2. The maximum absolute atomic E-state index is 13.3. The van der Waals surface area contributed by atoms with E-state index in [1.54, 1.807) is 18.2 Å². The van der Waals surface area contributed by atoms with Crippen molar-refractivity contribution in [3.8, 4) is 0 Å². The number of hydrogen-bond acceptors (Lipinski definition) is 2. The highest BCUT2D eigenvalue weighted by molar-refractivity contribution is 7.99. The van der Waals surface area contributed by atoms with Crippen LogP contribution in [0.5, 0.6) is 0 Å². The van der Waals surface area contributed by atoms with Crippen LogP contribution < -0.4 is 0 Å². The lowest BCUT2D eigenvalue weighted by Crippen LogP contribution is -1.90. The van der Waals surface area contributed by atoms with Gasteiger partial charge in [0, 0.05) is 9.79 Å². The third-order valence-electron chi connectivity index (χ3n) is 2.15. The van der Waals surface area contributed by atoms with E-state index in [1.807, 2.05) is 0 Å². The first-order chi connectivity index (χ1) is 8.20. The van der Waals surface area contributed by atoms with Crippen molar-refractivity contribution in [2.75, 3.05) is 0 Å². The molecular formula is C13H8F2OS. The van der Waals surface area contributed by atoms with E-state index in [4.69, 9.17) is 0 Å². The van der Waals surface area contributed by atoms with Crippen LogP contribution in [-0.2, 0) is 0 Å². The van der Waals surface area contributed by atoms with Crippen LogP contribution in [0.1, 0.15) is 10.4 Å². The minimum atomic E-state index is -0.568. The van der Waals surface area contributed by atoms with Crippen molar-refractivity contribution in [3.63, 3.8) is 0 Å². The zero-order chi connectivity index (χ0) is 12.3. The minimum absolute atomic E-state index is 0.00163. The van der Waals surface area contributed by atoms with E-state index in [1.165, 1.54) is 24.3 Å². The van der Waals surface area contributed by atoms with Crippen LogP contribution >= 0.6 is 11.8 Å². The van der Waals surface area contributed by atoms with E-state index in [2.05, 4.69) is 0 Å². The second-order valence-electron chi connectivity index (χ2n) is 3.33. The lowest BCUT2D eigenvalue weighted by Gasteiger charge is -2.05. The van der Waals surface area contributed by atoms with Gasteiger partial charge in [0.1, 0.15) is 11.6 Å². The van der Waals surface area contributed by atoms with Crippen molar-refractivity contribution in [2.45, 2.75) is 9.79 Å². The molecule has 4 heteroatoms. The first-order valence-electron chi connectivity index (χ1n) is 4.88. The molecule has 0 aromatic heterocycles. The number of halogens is 2. The molecule has 0 bridgehead atoms. The van der Waals surface area contributed by atoms with Crippen molar-refractivity contribution in [1.29, 1.82) is 0 Å². The quantitative estimate of drug-likeness (QED) is 0.768. The molecule has 0 atom stereocenters. The molecule has 0 saturated heterocycles. The molecule has 0 aliphatic rings. The Hall–Kier alpha value is -1.68. The van der Waals surface area contributed by atoms with Gasteiger partial charge in [-0.15, -0.1) is 0 Å². The number of aldehydes is 1. The smallest absolute Gasteiger partial charge is 0.154 e. The molecular weight excluding hydrogens is 242 g/mol. The average molecular weight is 250 g/mol. The van der Waals surface area contributed by atoms with Crippen molar-refractivity contribution >= 4 is 18.0 Å². The first kappa shape index (κ1) is 11.8. The summed E-state index contributed by atoms with van der Waals surface area (Å²) in [4.78, 5) is 11.9. The van der Waals surface area contributed by atoms with Gasteiger partial charge in [0.2, 0.25) is 0 Å². The molecule has 0 N–H and O–H groups in total. The molecule has 0 unspecified atom stereocenters. The van der Waals surface area contributed by atoms with E-state index in [-0.39, 0.29) is 11.4 Å². The number of hydrogen-bond donors (Lipinski definition) is 0. The molecule has 0 aliphatic heterocycles. The van der Waals surface area contributed by atoms with Crippen LogP contribution in [-0.4, -0.2) is 6.29 Å². The Labute approximate surface area is 101 Å². The fraction of sp³-hybridized carbons (Fsp3) is 0. The first-order valence-corrected chi connectivity index (χ1v) is 5.69. The van der Waals surface area contributed by atoms with Gasteiger partial charge in [-0.1, -0.05) is 23.9 Å².